The fourth-order valence-corrected chi connectivity index (χ4v) is 4.18. The minimum atomic E-state index is -3.83. The molecule has 2 aromatic carbocycles. The lowest BCUT2D eigenvalue weighted by Gasteiger charge is -2.23. The molecule has 0 saturated carbocycles. The minimum Gasteiger partial charge on any atom is -0.465 e. The lowest BCUT2D eigenvalue weighted by atomic mass is 9.94. The Kier molecular flexibility index (Phi) is 6.05. The van der Waals surface area contributed by atoms with E-state index in [1.165, 1.54) is 19.1 Å². The van der Waals surface area contributed by atoms with E-state index in [0.29, 0.717) is 12.4 Å². The molecule has 1 aliphatic rings. The first-order valence-corrected chi connectivity index (χ1v) is 11.1. The third-order valence-corrected chi connectivity index (χ3v) is 5.78. The average molecular weight is 425 g/mol. The van der Waals surface area contributed by atoms with E-state index in [1.54, 1.807) is 12.1 Å². The van der Waals surface area contributed by atoms with E-state index in [-0.39, 0.29) is 28.6 Å². The summed E-state index contributed by atoms with van der Waals surface area (Å²) < 4.78 is 75.2. The molecule has 156 valence electrons. The maximum absolute atomic E-state index is 15.0. The molecule has 0 radical (unpaired) electrons. The van der Waals surface area contributed by atoms with Gasteiger partial charge in [0.2, 0.25) is 0 Å². The minimum absolute atomic E-state index is 0.122. The SMILES string of the molecule is C=C(C)c1c(F)c(S(C)(=N)=O)c(F)c(F)c1-c1ccc(OC2CCCCO2)cc1. The van der Waals surface area contributed by atoms with Crippen LogP contribution >= 0.6 is 0 Å². The van der Waals surface area contributed by atoms with E-state index in [0.717, 1.165) is 25.5 Å². The van der Waals surface area contributed by atoms with Gasteiger partial charge in [-0.25, -0.2) is 22.2 Å². The molecule has 1 fully saturated rings. The summed E-state index contributed by atoms with van der Waals surface area (Å²) in [5.41, 5.74) is -0.308. The summed E-state index contributed by atoms with van der Waals surface area (Å²) in [6, 6.07) is 6.08. The Hall–Kier alpha value is -2.32. The molecule has 8 heteroatoms. The van der Waals surface area contributed by atoms with Crippen molar-refractivity contribution in [3.05, 3.63) is 53.9 Å². The van der Waals surface area contributed by atoms with Crippen LogP contribution in [0.25, 0.3) is 16.7 Å². The molecule has 0 aromatic heterocycles. The smallest absolute Gasteiger partial charge is 0.199 e. The van der Waals surface area contributed by atoms with Gasteiger partial charge in [-0.2, -0.15) is 0 Å². The zero-order valence-corrected chi connectivity index (χ0v) is 17.0. The highest BCUT2D eigenvalue weighted by molar-refractivity contribution is 7.91. The molecule has 1 heterocycles. The first-order chi connectivity index (χ1) is 13.6. The highest BCUT2D eigenvalue weighted by atomic mass is 32.2. The second kappa shape index (κ2) is 8.20. The quantitative estimate of drug-likeness (QED) is 0.621. The van der Waals surface area contributed by atoms with E-state index in [4.69, 9.17) is 14.3 Å². The number of hydrogen-bond donors (Lipinski definition) is 1. The third-order valence-electron chi connectivity index (χ3n) is 4.65. The maximum Gasteiger partial charge on any atom is 0.199 e. The summed E-state index contributed by atoms with van der Waals surface area (Å²) in [5.74, 6) is -3.74. The summed E-state index contributed by atoms with van der Waals surface area (Å²) in [4.78, 5) is -1.08. The van der Waals surface area contributed by atoms with Gasteiger partial charge in [0.05, 0.1) is 16.3 Å². The standard InChI is InChI=1S/C21H22F3NO3S/c1-12(2)16-17(18(22)20(24)21(19(16)23)29(3,25)26)13-7-9-14(10-8-13)28-15-6-4-5-11-27-15/h7-10,15,25H,1,4-6,11H2,2-3H3. The second-order valence-electron chi connectivity index (χ2n) is 7.08. The summed E-state index contributed by atoms with van der Waals surface area (Å²) in [7, 11) is -3.83. The number of halogens is 3. The number of allylic oxidation sites excluding steroid dienone is 1. The van der Waals surface area contributed by atoms with Gasteiger partial charge in [0, 0.05) is 23.8 Å². The van der Waals surface area contributed by atoms with Crippen molar-refractivity contribution < 1.29 is 26.9 Å². The normalized spacial score (nSPS) is 18.9. The molecule has 0 bridgehead atoms. The van der Waals surface area contributed by atoms with Crippen LogP contribution in [0.1, 0.15) is 31.7 Å². The van der Waals surface area contributed by atoms with Crippen LogP contribution in [-0.2, 0) is 14.5 Å². The number of rotatable bonds is 5. The average Bonchev–Trinajstić information content (AvgIpc) is 2.65. The Bertz CT molecular complexity index is 1040. The van der Waals surface area contributed by atoms with Gasteiger partial charge >= 0.3 is 0 Å². The van der Waals surface area contributed by atoms with E-state index < -0.39 is 32.1 Å². The van der Waals surface area contributed by atoms with Gasteiger partial charge < -0.3 is 9.47 Å². The first kappa shape index (κ1) is 21.4. The topological polar surface area (TPSA) is 59.4 Å². The summed E-state index contributed by atoms with van der Waals surface area (Å²) in [6.07, 6.45) is 3.22. The number of nitrogens with one attached hydrogen (secondary N) is 1. The van der Waals surface area contributed by atoms with E-state index in [9.17, 15) is 17.4 Å². The molecule has 4 nitrogen and oxygen atoms in total. The van der Waals surface area contributed by atoms with Crippen LogP contribution in [0.2, 0.25) is 0 Å². The Morgan fingerprint density at radius 2 is 1.83 bits per heavy atom. The molecular weight excluding hydrogens is 403 g/mol. The van der Waals surface area contributed by atoms with Crippen LogP contribution in [0.15, 0.2) is 35.7 Å². The molecule has 0 spiro atoms. The lowest BCUT2D eigenvalue weighted by molar-refractivity contribution is -0.105. The summed E-state index contributed by atoms with van der Waals surface area (Å²) >= 11 is 0. The van der Waals surface area contributed by atoms with Crippen molar-refractivity contribution in [1.82, 2.24) is 0 Å². The van der Waals surface area contributed by atoms with Gasteiger partial charge in [-0.15, -0.1) is 0 Å². The van der Waals surface area contributed by atoms with Crippen LogP contribution < -0.4 is 4.74 Å². The van der Waals surface area contributed by atoms with Crippen molar-refractivity contribution in [3.8, 4) is 16.9 Å². The Balaban J connectivity index is 2.07. The summed E-state index contributed by atoms with van der Waals surface area (Å²) in [5, 5.41) is 0. The van der Waals surface area contributed by atoms with Gasteiger partial charge in [-0.05, 0) is 43.0 Å². The van der Waals surface area contributed by atoms with Crippen molar-refractivity contribution in [1.29, 1.82) is 4.78 Å². The highest BCUT2D eigenvalue weighted by Gasteiger charge is 2.29. The summed E-state index contributed by atoms with van der Waals surface area (Å²) in [6.45, 7) is 5.69. The predicted molar refractivity (Wildman–Crippen MR) is 106 cm³/mol. The van der Waals surface area contributed by atoms with Gasteiger partial charge in [0.25, 0.3) is 0 Å². The van der Waals surface area contributed by atoms with Crippen LogP contribution in [0.3, 0.4) is 0 Å². The van der Waals surface area contributed by atoms with Crippen molar-refractivity contribution >= 4 is 15.3 Å². The van der Waals surface area contributed by atoms with Crippen LogP contribution in [0.5, 0.6) is 5.75 Å². The van der Waals surface area contributed by atoms with E-state index in [2.05, 4.69) is 6.58 Å². The van der Waals surface area contributed by atoms with Crippen LogP contribution in [0, 0.1) is 22.2 Å². The molecular formula is C21H22F3NO3S. The fraction of sp³-hybridized carbons (Fsp3) is 0.333. The lowest BCUT2D eigenvalue weighted by Crippen LogP contribution is -2.24. The Labute approximate surface area is 168 Å². The highest BCUT2D eigenvalue weighted by Crippen LogP contribution is 2.38. The van der Waals surface area contributed by atoms with Crippen LogP contribution in [0.4, 0.5) is 13.2 Å². The van der Waals surface area contributed by atoms with Gasteiger partial charge in [-0.3, -0.25) is 0 Å². The van der Waals surface area contributed by atoms with Crippen molar-refractivity contribution in [2.24, 2.45) is 0 Å². The number of hydrogen-bond acceptors (Lipinski definition) is 4. The molecule has 2 unspecified atom stereocenters. The zero-order chi connectivity index (χ0) is 21.3. The van der Waals surface area contributed by atoms with Crippen molar-refractivity contribution in [2.75, 3.05) is 12.9 Å². The predicted octanol–water partition coefficient (Wildman–Crippen LogP) is 5.74. The second-order valence-corrected chi connectivity index (χ2v) is 9.18. The van der Waals surface area contributed by atoms with Gasteiger partial charge in [0.1, 0.15) is 10.6 Å². The van der Waals surface area contributed by atoms with Gasteiger partial charge in [0.15, 0.2) is 23.7 Å². The third kappa shape index (κ3) is 4.33. The molecule has 29 heavy (non-hydrogen) atoms. The fourth-order valence-electron chi connectivity index (χ4n) is 3.31. The molecule has 2 atom stereocenters. The molecule has 3 rings (SSSR count). The largest absolute Gasteiger partial charge is 0.465 e. The van der Waals surface area contributed by atoms with E-state index in [1.807, 2.05) is 0 Å². The van der Waals surface area contributed by atoms with Gasteiger partial charge in [-0.1, -0.05) is 18.7 Å². The van der Waals surface area contributed by atoms with Crippen LogP contribution in [-0.4, -0.2) is 23.4 Å². The number of ether oxygens (including phenoxy) is 2. The molecule has 1 N–H and O–H groups in total. The Morgan fingerprint density at radius 1 is 1.17 bits per heavy atom. The molecule has 1 saturated heterocycles. The zero-order valence-electron chi connectivity index (χ0n) is 16.2. The molecule has 0 aliphatic carbocycles. The molecule has 0 amide bonds. The molecule has 2 aromatic rings. The molecule has 1 aliphatic heterocycles. The maximum atomic E-state index is 15.0. The Morgan fingerprint density at radius 3 is 2.34 bits per heavy atom. The van der Waals surface area contributed by atoms with E-state index >= 15 is 0 Å². The van der Waals surface area contributed by atoms with Crippen molar-refractivity contribution in [3.63, 3.8) is 0 Å². The monoisotopic (exact) mass is 425 g/mol. The number of benzene rings is 2. The van der Waals surface area contributed by atoms with Crippen molar-refractivity contribution in [2.45, 2.75) is 37.4 Å². The first-order valence-electron chi connectivity index (χ1n) is 9.10.